The van der Waals surface area contributed by atoms with Gasteiger partial charge in [0, 0.05) is 48.3 Å². The van der Waals surface area contributed by atoms with Gasteiger partial charge in [-0.2, -0.15) is 0 Å². The number of nitrogens with one attached hydrogen (secondary N) is 4. The molecule has 46 heavy (non-hydrogen) atoms. The molecule has 3 fully saturated rings. The SMILES string of the molecule is C1CNCCN1.O=c1c2cc(Cl)cc(Cl)c2[nH]c(=S)n1C1CCCCC1.O=c1c2cc(Cl)cc(Cl)c2[nH]c(=S)n1C1CCCCC1. The molecular formula is C32H38Cl4N6O2S2. The Morgan fingerprint density at radius 1 is 0.565 bits per heavy atom. The van der Waals surface area contributed by atoms with Gasteiger partial charge in [0.2, 0.25) is 0 Å². The minimum Gasteiger partial charge on any atom is -0.330 e. The molecule has 2 aromatic carbocycles. The molecule has 0 unspecified atom stereocenters. The number of H-pyrrole nitrogens is 2. The van der Waals surface area contributed by atoms with Gasteiger partial charge in [0.25, 0.3) is 11.1 Å². The smallest absolute Gasteiger partial charge is 0.262 e. The zero-order valence-electron chi connectivity index (χ0n) is 25.4. The number of piperazine rings is 1. The van der Waals surface area contributed by atoms with E-state index < -0.39 is 0 Å². The second-order valence-corrected chi connectivity index (χ2v) is 14.4. The molecule has 2 aliphatic carbocycles. The number of halogens is 4. The van der Waals surface area contributed by atoms with Gasteiger partial charge in [0.15, 0.2) is 9.54 Å². The van der Waals surface area contributed by atoms with Gasteiger partial charge in [0.1, 0.15) is 0 Å². The first-order chi connectivity index (χ1) is 22.2. The third kappa shape index (κ3) is 8.44. The minimum atomic E-state index is -0.0972. The second kappa shape index (κ2) is 16.6. The van der Waals surface area contributed by atoms with Crippen molar-refractivity contribution in [2.45, 2.75) is 76.3 Å². The highest BCUT2D eigenvalue weighted by Gasteiger charge is 2.21. The van der Waals surface area contributed by atoms with Crippen molar-refractivity contribution in [1.29, 1.82) is 0 Å². The van der Waals surface area contributed by atoms with E-state index in [1.54, 1.807) is 33.4 Å². The van der Waals surface area contributed by atoms with E-state index in [0.717, 1.165) is 77.5 Å². The van der Waals surface area contributed by atoms with Crippen molar-refractivity contribution in [2.75, 3.05) is 26.2 Å². The Kier molecular flexibility index (Phi) is 12.8. The van der Waals surface area contributed by atoms with Gasteiger partial charge in [0.05, 0.1) is 31.9 Å². The Hall–Kier alpha value is -1.76. The van der Waals surface area contributed by atoms with Crippen LogP contribution in [0, 0.1) is 9.54 Å². The average Bonchev–Trinajstić information content (AvgIpc) is 3.05. The first-order valence-electron chi connectivity index (χ1n) is 15.8. The summed E-state index contributed by atoms with van der Waals surface area (Å²) in [6.07, 6.45) is 11.0. The molecule has 0 radical (unpaired) electrons. The minimum absolute atomic E-state index is 0.0972. The van der Waals surface area contributed by atoms with Crippen molar-refractivity contribution in [3.63, 3.8) is 0 Å². The van der Waals surface area contributed by atoms with Gasteiger partial charge in [-0.3, -0.25) is 18.7 Å². The molecule has 14 heteroatoms. The maximum Gasteiger partial charge on any atom is 0.262 e. The van der Waals surface area contributed by atoms with E-state index >= 15 is 0 Å². The van der Waals surface area contributed by atoms with Crippen molar-refractivity contribution < 1.29 is 0 Å². The number of aromatic nitrogens is 4. The molecule has 0 bridgehead atoms. The van der Waals surface area contributed by atoms with Crippen LogP contribution in [-0.4, -0.2) is 45.3 Å². The van der Waals surface area contributed by atoms with Crippen LogP contribution in [-0.2, 0) is 0 Å². The highest BCUT2D eigenvalue weighted by Crippen LogP contribution is 2.31. The topological polar surface area (TPSA) is 99.6 Å². The van der Waals surface area contributed by atoms with Crippen molar-refractivity contribution in [3.05, 3.63) is 74.6 Å². The summed E-state index contributed by atoms with van der Waals surface area (Å²) in [7, 11) is 0. The van der Waals surface area contributed by atoms with Crippen molar-refractivity contribution in [1.82, 2.24) is 29.7 Å². The number of hydrogen-bond donors (Lipinski definition) is 4. The van der Waals surface area contributed by atoms with E-state index in [-0.39, 0.29) is 23.2 Å². The van der Waals surface area contributed by atoms with Crippen LogP contribution in [0.5, 0.6) is 0 Å². The van der Waals surface area contributed by atoms with Crippen LogP contribution in [0.25, 0.3) is 21.8 Å². The number of hydrogen-bond acceptors (Lipinski definition) is 6. The van der Waals surface area contributed by atoms with Crippen molar-refractivity contribution in [3.8, 4) is 0 Å². The van der Waals surface area contributed by atoms with Gasteiger partial charge in [-0.15, -0.1) is 0 Å². The normalized spacial score (nSPS) is 17.7. The van der Waals surface area contributed by atoms with E-state index in [9.17, 15) is 9.59 Å². The average molecular weight is 745 g/mol. The van der Waals surface area contributed by atoms with Crippen LogP contribution >= 0.6 is 70.8 Å². The molecule has 0 atom stereocenters. The molecule has 0 spiro atoms. The fourth-order valence-corrected chi connectivity index (χ4v) is 8.21. The Labute approximate surface area is 297 Å². The third-order valence-corrected chi connectivity index (χ3v) is 10.4. The Balaban J connectivity index is 0.000000154. The number of nitrogens with zero attached hydrogens (tertiary/aromatic N) is 2. The molecule has 2 saturated carbocycles. The Morgan fingerprint density at radius 2 is 0.913 bits per heavy atom. The predicted molar refractivity (Wildman–Crippen MR) is 197 cm³/mol. The van der Waals surface area contributed by atoms with Crippen LogP contribution in [0.4, 0.5) is 0 Å². The van der Waals surface area contributed by atoms with Crippen LogP contribution in [0.2, 0.25) is 20.1 Å². The molecule has 1 aliphatic heterocycles. The van der Waals surface area contributed by atoms with E-state index in [1.807, 2.05) is 0 Å². The summed E-state index contributed by atoms with van der Waals surface area (Å²) >= 11 is 35.0. The maximum atomic E-state index is 12.7. The molecule has 1 saturated heterocycles. The van der Waals surface area contributed by atoms with E-state index in [2.05, 4.69) is 20.6 Å². The molecular weight excluding hydrogens is 706 g/mol. The standard InChI is InChI=1S/2C14H14Cl2N2OS.C4H10N2/c2*15-8-6-10-12(11(16)7-8)17-14(20)18(13(10)19)9-4-2-1-3-5-9;1-2-6-4-3-5-1/h2*6-7,9H,1-5H2,(H,17,20);5-6H,1-4H2. The lowest BCUT2D eigenvalue weighted by atomic mass is 9.95. The summed E-state index contributed by atoms with van der Waals surface area (Å²) in [4.78, 5) is 31.6. The van der Waals surface area contributed by atoms with Crippen LogP contribution in [0.15, 0.2) is 33.9 Å². The first kappa shape index (κ1) is 35.5. The lowest BCUT2D eigenvalue weighted by molar-refractivity contribution is 0.342. The highest BCUT2D eigenvalue weighted by molar-refractivity contribution is 7.71. The number of benzene rings is 2. The highest BCUT2D eigenvalue weighted by atomic mass is 35.5. The summed E-state index contributed by atoms with van der Waals surface area (Å²) in [5, 5.41) is 9.21. The first-order valence-corrected chi connectivity index (χ1v) is 18.2. The molecule has 4 N–H and O–H groups in total. The molecule has 3 aliphatic rings. The molecule has 0 amide bonds. The fraction of sp³-hybridized carbons (Fsp3) is 0.500. The van der Waals surface area contributed by atoms with Crippen molar-refractivity contribution >= 4 is 92.6 Å². The second-order valence-electron chi connectivity index (χ2n) is 11.9. The van der Waals surface area contributed by atoms with Gasteiger partial charge in [-0.05, 0) is 74.4 Å². The molecule has 7 rings (SSSR count). The summed E-state index contributed by atoms with van der Waals surface area (Å²) < 4.78 is 4.28. The van der Waals surface area contributed by atoms with Gasteiger partial charge < -0.3 is 20.6 Å². The summed E-state index contributed by atoms with van der Waals surface area (Å²) in [5.74, 6) is 0. The third-order valence-electron chi connectivity index (χ3n) is 8.75. The number of aromatic amines is 2. The van der Waals surface area contributed by atoms with Crippen molar-refractivity contribution in [2.24, 2.45) is 0 Å². The van der Waals surface area contributed by atoms with E-state index in [0.29, 0.717) is 51.4 Å². The van der Waals surface area contributed by atoms with Gasteiger partial charge in [-0.1, -0.05) is 84.9 Å². The van der Waals surface area contributed by atoms with Gasteiger partial charge >= 0.3 is 0 Å². The summed E-state index contributed by atoms with van der Waals surface area (Å²) in [5.41, 5.74) is 0.941. The lowest BCUT2D eigenvalue weighted by Gasteiger charge is -2.24. The van der Waals surface area contributed by atoms with Crippen LogP contribution in [0.1, 0.15) is 76.3 Å². The van der Waals surface area contributed by atoms with Crippen LogP contribution in [0.3, 0.4) is 0 Å². The summed E-state index contributed by atoms with van der Waals surface area (Å²) in [6.45, 7) is 4.56. The monoisotopic (exact) mass is 742 g/mol. The predicted octanol–water partition coefficient (Wildman–Crippen LogP) is 8.92. The zero-order valence-corrected chi connectivity index (χ0v) is 30.1. The zero-order chi connectivity index (χ0) is 32.8. The Morgan fingerprint density at radius 3 is 1.24 bits per heavy atom. The lowest BCUT2D eigenvalue weighted by Crippen LogP contribution is -2.39. The van der Waals surface area contributed by atoms with E-state index in [1.165, 1.54) is 12.8 Å². The van der Waals surface area contributed by atoms with Gasteiger partial charge in [-0.25, -0.2) is 0 Å². The quantitative estimate of drug-likeness (QED) is 0.153. The number of fused-ring (bicyclic) bond motifs is 2. The molecule has 2 aromatic heterocycles. The largest absolute Gasteiger partial charge is 0.330 e. The Bertz CT molecular complexity index is 1780. The maximum absolute atomic E-state index is 12.7. The van der Waals surface area contributed by atoms with Crippen LogP contribution < -0.4 is 21.8 Å². The number of rotatable bonds is 2. The van der Waals surface area contributed by atoms with E-state index in [4.69, 9.17) is 70.8 Å². The molecule has 4 aromatic rings. The molecule has 248 valence electrons. The fourth-order valence-electron chi connectivity index (χ4n) is 6.46. The molecule has 3 heterocycles. The summed E-state index contributed by atoms with van der Waals surface area (Å²) in [6, 6.07) is 6.89. The molecule has 8 nitrogen and oxygen atoms in total.